The van der Waals surface area contributed by atoms with Crippen molar-refractivity contribution in [3.63, 3.8) is 0 Å². The number of hydrogen-bond acceptors (Lipinski definition) is 1. The molecule has 1 heterocycles. The molecule has 0 spiro atoms. The van der Waals surface area contributed by atoms with Gasteiger partial charge >= 0.3 is 0 Å². The lowest BCUT2D eigenvalue weighted by Crippen LogP contribution is -2.25. The molecule has 0 saturated heterocycles. The minimum absolute atomic E-state index is 0.0288. The van der Waals surface area contributed by atoms with E-state index in [4.69, 9.17) is 0 Å². The summed E-state index contributed by atoms with van der Waals surface area (Å²) < 4.78 is 0. The summed E-state index contributed by atoms with van der Waals surface area (Å²) in [5, 5.41) is 4.24. The third-order valence-corrected chi connectivity index (χ3v) is 4.61. The topological polar surface area (TPSA) is 44.9 Å². The van der Waals surface area contributed by atoms with E-state index in [0.29, 0.717) is 12.1 Å². The summed E-state index contributed by atoms with van der Waals surface area (Å²) in [6, 6.07) is 16.1. The lowest BCUT2D eigenvalue weighted by atomic mass is 9.91. The van der Waals surface area contributed by atoms with Crippen LogP contribution >= 0.6 is 0 Å². The third-order valence-electron chi connectivity index (χ3n) is 4.61. The van der Waals surface area contributed by atoms with Gasteiger partial charge in [0.2, 0.25) is 0 Å². The van der Waals surface area contributed by atoms with E-state index in [-0.39, 0.29) is 11.3 Å². The predicted octanol–water partition coefficient (Wildman–Crippen LogP) is 5.59. The second-order valence-corrected chi connectivity index (χ2v) is 8.14. The van der Waals surface area contributed by atoms with Crippen LogP contribution in [0, 0.1) is 5.41 Å². The largest absolute Gasteiger partial charge is 0.361 e. The first-order valence-corrected chi connectivity index (χ1v) is 9.46. The summed E-state index contributed by atoms with van der Waals surface area (Å²) in [6.45, 7) is 9.29. The second-order valence-electron chi connectivity index (χ2n) is 8.14. The molecule has 2 N–H and O–H groups in total. The number of para-hydroxylation sites is 1. The summed E-state index contributed by atoms with van der Waals surface area (Å²) in [7, 11) is 0. The van der Waals surface area contributed by atoms with Crippen molar-refractivity contribution in [3.8, 4) is 0 Å². The normalized spacial score (nSPS) is 12.4. The lowest BCUT2D eigenvalue weighted by molar-refractivity contribution is 0.0954. The van der Waals surface area contributed by atoms with Crippen LogP contribution in [0.2, 0.25) is 0 Å². The Morgan fingerprint density at radius 3 is 2.41 bits per heavy atom. The van der Waals surface area contributed by atoms with Gasteiger partial charge in [-0.1, -0.05) is 57.2 Å². The first-order chi connectivity index (χ1) is 12.8. The van der Waals surface area contributed by atoms with Gasteiger partial charge in [0.15, 0.2) is 0 Å². The van der Waals surface area contributed by atoms with Gasteiger partial charge in [-0.25, -0.2) is 0 Å². The fourth-order valence-electron chi connectivity index (χ4n) is 3.37. The highest BCUT2D eigenvalue weighted by molar-refractivity contribution is 5.94. The van der Waals surface area contributed by atoms with E-state index in [0.717, 1.165) is 17.5 Å². The van der Waals surface area contributed by atoms with Crippen LogP contribution in [-0.4, -0.2) is 17.4 Å². The molecule has 1 aromatic heterocycles. The van der Waals surface area contributed by atoms with Crippen LogP contribution in [0.25, 0.3) is 16.5 Å². The van der Waals surface area contributed by atoms with Gasteiger partial charge in [-0.3, -0.25) is 4.79 Å². The van der Waals surface area contributed by atoms with Crippen LogP contribution < -0.4 is 5.32 Å². The second kappa shape index (κ2) is 7.83. The van der Waals surface area contributed by atoms with Crippen LogP contribution in [0.1, 0.15) is 49.2 Å². The minimum atomic E-state index is -0.0288. The number of fused-ring (bicyclic) bond motifs is 1. The van der Waals surface area contributed by atoms with Crippen molar-refractivity contribution < 1.29 is 4.79 Å². The average Bonchev–Trinajstić information content (AvgIpc) is 3.04. The van der Waals surface area contributed by atoms with E-state index in [1.54, 1.807) is 0 Å². The molecule has 0 atom stereocenters. The highest BCUT2D eigenvalue weighted by atomic mass is 16.1. The zero-order chi connectivity index (χ0) is 19.4. The molecule has 0 saturated carbocycles. The van der Waals surface area contributed by atoms with Gasteiger partial charge in [0.25, 0.3) is 5.91 Å². The van der Waals surface area contributed by atoms with E-state index in [2.05, 4.69) is 56.2 Å². The summed E-state index contributed by atoms with van der Waals surface area (Å²) in [5.41, 5.74) is 5.58. The summed E-state index contributed by atoms with van der Waals surface area (Å²) >= 11 is 0. The van der Waals surface area contributed by atoms with Gasteiger partial charge < -0.3 is 10.3 Å². The molecule has 0 aliphatic heterocycles. The Balaban J connectivity index is 1.59. The number of amides is 1. The van der Waals surface area contributed by atoms with Gasteiger partial charge in [0, 0.05) is 29.2 Å². The van der Waals surface area contributed by atoms with Crippen molar-refractivity contribution in [3.05, 3.63) is 77.5 Å². The molecular weight excluding hydrogens is 332 g/mol. The van der Waals surface area contributed by atoms with Crippen molar-refractivity contribution >= 4 is 22.4 Å². The molecule has 1 amide bonds. The van der Waals surface area contributed by atoms with E-state index in [1.165, 1.54) is 16.5 Å². The molecule has 0 aliphatic rings. The number of benzene rings is 2. The molecule has 0 aliphatic carbocycles. The molecule has 0 unspecified atom stereocenters. The van der Waals surface area contributed by atoms with Gasteiger partial charge in [-0.15, -0.1) is 0 Å². The first kappa shape index (κ1) is 19.0. The fraction of sp³-hybridized carbons (Fsp3) is 0.292. The highest BCUT2D eigenvalue weighted by Crippen LogP contribution is 2.23. The number of nitrogens with one attached hydrogen (secondary N) is 2. The Bertz CT molecular complexity index is 956. The molecule has 3 heteroatoms. The Kier molecular flexibility index (Phi) is 5.50. The molecule has 0 radical (unpaired) electrons. The molecule has 3 aromatic rings. The maximum atomic E-state index is 12.4. The Labute approximate surface area is 161 Å². The van der Waals surface area contributed by atoms with Crippen LogP contribution in [0.5, 0.6) is 0 Å². The molecule has 3 rings (SSSR count). The number of aromatic amines is 1. The van der Waals surface area contributed by atoms with E-state index >= 15 is 0 Å². The van der Waals surface area contributed by atoms with Crippen molar-refractivity contribution in [1.29, 1.82) is 0 Å². The van der Waals surface area contributed by atoms with E-state index in [9.17, 15) is 4.79 Å². The maximum absolute atomic E-state index is 12.4. The molecule has 2 aromatic carbocycles. The summed E-state index contributed by atoms with van der Waals surface area (Å²) in [6.07, 6.45) is 5.08. The van der Waals surface area contributed by atoms with Crippen LogP contribution in [0.4, 0.5) is 0 Å². The highest BCUT2D eigenvalue weighted by Gasteiger charge is 2.09. The predicted molar refractivity (Wildman–Crippen MR) is 114 cm³/mol. The monoisotopic (exact) mass is 360 g/mol. The quantitative estimate of drug-likeness (QED) is 0.612. The molecular formula is C24H28N2O. The Hall–Kier alpha value is -2.81. The zero-order valence-electron chi connectivity index (χ0n) is 16.6. The number of rotatable bonds is 5. The van der Waals surface area contributed by atoms with Crippen molar-refractivity contribution in [2.45, 2.75) is 34.1 Å². The number of carbonyl (C=O) groups is 1. The standard InChI is InChI=1S/C24H28N2O/c1-17(15-24(2,3)4)18-9-11-19(12-10-18)23(27)25-14-13-20-16-26-22-8-6-5-7-21(20)22/h5-12,15-16,26H,13-14H2,1-4H3,(H,25,27). The minimum Gasteiger partial charge on any atom is -0.361 e. The van der Waals surface area contributed by atoms with E-state index in [1.807, 2.05) is 42.6 Å². The number of H-pyrrole nitrogens is 1. The van der Waals surface area contributed by atoms with E-state index < -0.39 is 0 Å². The SMILES string of the molecule is CC(=CC(C)(C)C)c1ccc(C(=O)NCCc2c[nH]c3ccccc23)cc1. The smallest absolute Gasteiger partial charge is 0.251 e. The third kappa shape index (κ3) is 4.88. The van der Waals surface area contributed by atoms with Gasteiger partial charge in [-0.05, 0) is 53.7 Å². The van der Waals surface area contributed by atoms with Gasteiger partial charge in [0.05, 0.1) is 0 Å². The van der Waals surface area contributed by atoms with Crippen molar-refractivity contribution in [2.24, 2.45) is 5.41 Å². The number of hydrogen-bond donors (Lipinski definition) is 2. The Morgan fingerprint density at radius 1 is 1.04 bits per heavy atom. The number of carbonyl (C=O) groups excluding carboxylic acids is 1. The summed E-state index contributed by atoms with van der Waals surface area (Å²) in [4.78, 5) is 15.7. The average molecular weight is 361 g/mol. The summed E-state index contributed by atoms with van der Waals surface area (Å²) in [5.74, 6) is -0.0288. The van der Waals surface area contributed by atoms with Gasteiger partial charge in [-0.2, -0.15) is 0 Å². The lowest BCUT2D eigenvalue weighted by Gasteiger charge is -2.14. The van der Waals surface area contributed by atoms with Crippen LogP contribution in [0.3, 0.4) is 0 Å². The maximum Gasteiger partial charge on any atom is 0.251 e. The number of aromatic nitrogens is 1. The van der Waals surface area contributed by atoms with Crippen molar-refractivity contribution in [1.82, 2.24) is 10.3 Å². The zero-order valence-corrected chi connectivity index (χ0v) is 16.6. The van der Waals surface area contributed by atoms with Crippen LogP contribution in [0.15, 0.2) is 60.8 Å². The number of allylic oxidation sites excluding steroid dienone is 2. The van der Waals surface area contributed by atoms with Crippen LogP contribution in [-0.2, 0) is 6.42 Å². The van der Waals surface area contributed by atoms with Crippen molar-refractivity contribution in [2.75, 3.05) is 6.54 Å². The molecule has 0 bridgehead atoms. The van der Waals surface area contributed by atoms with Gasteiger partial charge in [0.1, 0.15) is 0 Å². The molecule has 0 fully saturated rings. The molecule has 140 valence electrons. The molecule has 3 nitrogen and oxygen atoms in total. The Morgan fingerprint density at radius 2 is 1.70 bits per heavy atom. The fourth-order valence-corrected chi connectivity index (χ4v) is 3.37. The first-order valence-electron chi connectivity index (χ1n) is 9.46. The molecule has 27 heavy (non-hydrogen) atoms.